The fourth-order valence-corrected chi connectivity index (χ4v) is 3.54. The van der Waals surface area contributed by atoms with Crippen molar-refractivity contribution in [2.24, 2.45) is 11.7 Å². The van der Waals surface area contributed by atoms with E-state index in [1.165, 1.54) is 83.6 Å². The van der Waals surface area contributed by atoms with Crippen LogP contribution in [0.3, 0.4) is 0 Å². The number of hydrogen-bond acceptors (Lipinski definition) is 3. The van der Waals surface area contributed by atoms with Crippen LogP contribution in [0.25, 0.3) is 0 Å². The van der Waals surface area contributed by atoms with Crippen LogP contribution in [0.1, 0.15) is 111 Å². The number of hydrogen-bond donors (Lipinski definition) is 1. The summed E-state index contributed by atoms with van der Waals surface area (Å²) in [7, 11) is 0. The molecule has 1 aliphatic rings. The van der Waals surface area contributed by atoms with Crippen LogP contribution < -0.4 is 5.73 Å². The summed E-state index contributed by atoms with van der Waals surface area (Å²) >= 11 is 0. The molecule has 0 aromatic heterocycles. The normalized spacial score (nSPS) is 14.7. The fourth-order valence-electron chi connectivity index (χ4n) is 3.54. The predicted molar refractivity (Wildman–Crippen MR) is 122 cm³/mol. The first-order valence-electron chi connectivity index (χ1n) is 12.1. The van der Waals surface area contributed by atoms with E-state index in [0.29, 0.717) is 6.42 Å². The smallest absolute Gasteiger partial charge is 0.217 e. The number of likely N-dealkylation sites (N-methyl/N-ethyl adjacent to an activating group) is 1. The second-order valence-corrected chi connectivity index (χ2v) is 8.69. The van der Waals surface area contributed by atoms with E-state index in [1.807, 2.05) is 0 Å². The van der Waals surface area contributed by atoms with Crippen molar-refractivity contribution in [3.05, 3.63) is 0 Å². The van der Waals surface area contributed by atoms with Gasteiger partial charge in [0.15, 0.2) is 0 Å². The van der Waals surface area contributed by atoms with Crippen LogP contribution in [0.2, 0.25) is 0 Å². The molecule has 0 radical (unpaired) electrons. The predicted octanol–water partition coefficient (Wildman–Crippen LogP) is 5.93. The van der Waals surface area contributed by atoms with Gasteiger partial charge in [-0.15, -0.1) is 0 Å². The van der Waals surface area contributed by atoms with E-state index in [-0.39, 0.29) is 5.91 Å². The summed E-state index contributed by atoms with van der Waals surface area (Å²) < 4.78 is 5.16. The van der Waals surface area contributed by atoms with Gasteiger partial charge in [-0.1, -0.05) is 97.8 Å². The number of ether oxygens (including phenoxy) is 1. The molecule has 2 N–H and O–H groups in total. The second-order valence-electron chi connectivity index (χ2n) is 8.69. The fraction of sp³-hybridized carbons (Fsp3) is 0.958. The highest BCUT2D eigenvalue weighted by Gasteiger charge is 2.05. The maximum Gasteiger partial charge on any atom is 0.217 e. The molecule has 0 aromatic carbocycles. The molecule has 1 saturated heterocycles. The molecule has 4 heteroatoms. The monoisotopic (exact) mass is 398 g/mol. The van der Waals surface area contributed by atoms with Gasteiger partial charge in [0, 0.05) is 19.5 Å². The van der Waals surface area contributed by atoms with Crippen LogP contribution in [0.4, 0.5) is 0 Å². The number of carbonyl (C=O) groups excluding carboxylic acids is 1. The largest absolute Gasteiger partial charge is 0.379 e. The summed E-state index contributed by atoms with van der Waals surface area (Å²) in [5.41, 5.74) is 5.11. The summed E-state index contributed by atoms with van der Waals surface area (Å²) in [6.45, 7) is 12.1. The zero-order valence-corrected chi connectivity index (χ0v) is 19.4. The Bertz CT molecular complexity index is 329. The third-order valence-electron chi connectivity index (χ3n) is 5.51. The Hall–Kier alpha value is -0.610. The van der Waals surface area contributed by atoms with Gasteiger partial charge in [0.2, 0.25) is 5.91 Å². The van der Waals surface area contributed by atoms with E-state index in [1.54, 1.807) is 0 Å². The standard InChI is InChI=1S/C18H37NO.C6H13NO/c1-17(2)15-13-11-9-7-5-3-4-6-8-10-12-14-16-18(19)20;1-2-7-3-5-8-6-4-7/h17H,3-16H2,1-2H3,(H2,19,20);2-6H2,1H3. The first-order chi connectivity index (χ1) is 13.6. The summed E-state index contributed by atoms with van der Waals surface area (Å²) in [5, 5.41) is 0. The Kier molecular flexibility index (Phi) is 20.6. The topological polar surface area (TPSA) is 55.6 Å². The number of morpholine rings is 1. The molecule has 0 atom stereocenters. The van der Waals surface area contributed by atoms with Gasteiger partial charge in [0.1, 0.15) is 0 Å². The molecule has 0 spiro atoms. The molecule has 4 nitrogen and oxygen atoms in total. The van der Waals surface area contributed by atoms with E-state index in [9.17, 15) is 4.79 Å². The van der Waals surface area contributed by atoms with Crippen LogP contribution in [0.5, 0.6) is 0 Å². The number of carbonyl (C=O) groups is 1. The lowest BCUT2D eigenvalue weighted by atomic mass is 10.0. The van der Waals surface area contributed by atoms with Crippen LogP contribution in [-0.4, -0.2) is 43.7 Å². The molecular formula is C24H50N2O2. The third-order valence-corrected chi connectivity index (χ3v) is 5.51. The minimum absolute atomic E-state index is 0.154. The van der Waals surface area contributed by atoms with Crippen LogP contribution in [0.15, 0.2) is 0 Å². The quantitative estimate of drug-likeness (QED) is 0.328. The highest BCUT2D eigenvalue weighted by molar-refractivity contribution is 5.73. The Balaban J connectivity index is 0.000000749. The van der Waals surface area contributed by atoms with Crippen molar-refractivity contribution in [2.45, 2.75) is 111 Å². The Morgan fingerprint density at radius 1 is 0.821 bits per heavy atom. The SMILES string of the molecule is CC(C)CCCCCCCCCCCCCCC(N)=O.CCN1CCOCC1. The molecule has 0 aromatic rings. The number of amides is 1. The second kappa shape index (κ2) is 21.1. The van der Waals surface area contributed by atoms with Gasteiger partial charge in [0.25, 0.3) is 0 Å². The van der Waals surface area contributed by atoms with E-state index in [2.05, 4.69) is 25.7 Å². The molecule has 0 bridgehead atoms. The summed E-state index contributed by atoms with van der Waals surface area (Å²) in [6.07, 6.45) is 18.0. The van der Waals surface area contributed by atoms with Gasteiger partial charge in [-0.05, 0) is 18.9 Å². The van der Waals surface area contributed by atoms with Gasteiger partial charge in [-0.3, -0.25) is 9.69 Å². The van der Waals surface area contributed by atoms with Crippen molar-refractivity contribution in [3.63, 3.8) is 0 Å². The molecule has 1 heterocycles. The lowest BCUT2D eigenvalue weighted by Crippen LogP contribution is -2.35. The number of primary amides is 1. The molecule has 1 rings (SSSR count). The highest BCUT2D eigenvalue weighted by Crippen LogP contribution is 2.14. The average molecular weight is 399 g/mol. The minimum atomic E-state index is -0.154. The molecule has 1 fully saturated rings. The van der Waals surface area contributed by atoms with Gasteiger partial charge in [0.05, 0.1) is 13.2 Å². The van der Waals surface area contributed by atoms with Crippen molar-refractivity contribution in [1.29, 1.82) is 0 Å². The van der Waals surface area contributed by atoms with Crippen molar-refractivity contribution >= 4 is 5.91 Å². The van der Waals surface area contributed by atoms with Crippen LogP contribution in [0, 0.1) is 5.92 Å². The minimum Gasteiger partial charge on any atom is -0.379 e. The number of rotatable bonds is 16. The summed E-state index contributed by atoms with van der Waals surface area (Å²) in [4.78, 5) is 12.9. The Morgan fingerprint density at radius 3 is 1.61 bits per heavy atom. The molecule has 0 aliphatic carbocycles. The summed E-state index contributed by atoms with van der Waals surface area (Å²) in [5.74, 6) is 0.719. The van der Waals surface area contributed by atoms with Gasteiger partial charge < -0.3 is 10.5 Å². The molecule has 1 amide bonds. The molecule has 0 saturated carbocycles. The van der Waals surface area contributed by atoms with E-state index < -0.39 is 0 Å². The van der Waals surface area contributed by atoms with E-state index in [4.69, 9.17) is 10.5 Å². The maximum absolute atomic E-state index is 10.6. The lowest BCUT2D eigenvalue weighted by molar-refractivity contribution is -0.118. The molecular weight excluding hydrogens is 348 g/mol. The number of nitrogens with two attached hydrogens (primary N) is 1. The van der Waals surface area contributed by atoms with E-state index >= 15 is 0 Å². The first-order valence-corrected chi connectivity index (χ1v) is 12.1. The average Bonchev–Trinajstić information content (AvgIpc) is 2.69. The Labute approximate surface area is 176 Å². The number of nitrogens with zero attached hydrogens (tertiary/aromatic N) is 1. The zero-order valence-electron chi connectivity index (χ0n) is 19.4. The molecule has 28 heavy (non-hydrogen) atoms. The van der Waals surface area contributed by atoms with Crippen LogP contribution in [-0.2, 0) is 9.53 Å². The number of unbranched alkanes of at least 4 members (excludes halogenated alkanes) is 11. The molecule has 1 aliphatic heterocycles. The Morgan fingerprint density at radius 2 is 1.25 bits per heavy atom. The van der Waals surface area contributed by atoms with Gasteiger partial charge in [-0.25, -0.2) is 0 Å². The van der Waals surface area contributed by atoms with Crippen molar-refractivity contribution in [3.8, 4) is 0 Å². The van der Waals surface area contributed by atoms with E-state index in [0.717, 1.165) is 38.6 Å². The third kappa shape index (κ3) is 21.7. The molecule has 0 unspecified atom stereocenters. The van der Waals surface area contributed by atoms with Crippen LogP contribution >= 0.6 is 0 Å². The highest BCUT2D eigenvalue weighted by atomic mass is 16.5. The van der Waals surface area contributed by atoms with Crippen molar-refractivity contribution in [2.75, 3.05) is 32.8 Å². The van der Waals surface area contributed by atoms with Gasteiger partial charge in [-0.2, -0.15) is 0 Å². The van der Waals surface area contributed by atoms with Crippen molar-refractivity contribution in [1.82, 2.24) is 4.90 Å². The first kappa shape index (κ1) is 27.4. The lowest BCUT2D eigenvalue weighted by Gasteiger charge is -2.24. The zero-order chi connectivity index (χ0) is 20.9. The summed E-state index contributed by atoms with van der Waals surface area (Å²) in [6, 6.07) is 0. The van der Waals surface area contributed by atoms with Gasteiger partial charge >= 0.3 is 0 Å². The van der Waals surface area contributed by atoms with Crippen molar-refractivity contribution < 1.29 is 9.53 Å². The molecule has 168 valence electrons. The maximum atomic E-state index is 10.6.